The van der Waals surface area contributed by atoms with Crippen molar-refractivity contribution in [3.8, 4) is 0 Å². The van der Waals surface area contributed by atoms with Gasteiger partial charge in [0.1, 0.15) is 0 Å². The van der Waals surface area contributed by atoms with E-state index in [0.717, 1.165) is 12.0 Å². The normalized spacial score (nSPS) is 20.4. The molecule has 23 heavy (non-hydrogen) atoms. The molecule has 1 aliphatic rings. The fourth-order valence-electron chi connectivity index (χ4n) is 2.83. The number of carbonyl (C=O) groups excluding carboxylic acids is 2. The van der Waals surface area contributed by atoms with Gasteiger partial charge in [0.25, 0.3) is 5.91 Å². The maximum absolute atomic E-state index is 12.4. The Balaban J connectivity index is 1.80. The van der Waals surface area contributed by atoms with E-state index in [1.807, 2.05) is 30.3 Å². The molecule has 5 nitrogen and oxygen atoms in total. The maximum Gasteiger partial charge on any atom is 0.309 e. The average molecular weight is 310 g/mol. The van der Waals surface area contributed by atoms with E-state index < -0.39 is 0 Å². The van der Waals surface area contributed by atoms with Crippen molar-refractivity contribution in [2.24, 2.45) is 11.8 Å². The average Bonchev–Trinajstić information content (AvgIpc) is 3.40. The summed E-state index contributed by atoms with van der Waals surface area (Å²) in [5, 5.41) is 3.03. The molecule has 0 spiro atoms. The highest BCUT2D eigenvalue weighted by Gasteiger charge is 2.49. The Bertz CT molecular complexity index is 688. The third-order valence-corrected chi connectivity index (χ3v) is 4.14. The fraction of sp³-hybridized carbons (Fsp3) is 0.278. The number of amides is 1. The van der Waals surface area contributed by atoms with Crippen LogP contribution in [0.15, 0.2) is 54.9 Å². The standard InChI is InChI=1S/C18H18N2O3/c1-23-18(22)15-10-14(15)16(12-6-3-2-4-7-12)20-17(21)13-8-5-9-19-11-13/h2-9,11,14-16H,10H2,1H3,(H,20,21)/t14-,15-,16-/m0/s1. The maximum atomic E-state index is 12.4. The molecule has 1 N–H and O–H groups in total. The number of pyridine rings is 1. The van der Waals surface area contributed by atoms with Crippen molar-refractivity contribution < 1.29 is 14.3 Å². The molecular weight excluding hydrogens is 292 g/mol. The van der Waals surface area contributed by atoms with Gasteiger partial charge in [-0.05, 0) is 30.0 Å². The van der Waals surface area contributed by atoms with Crippen molar-refractivity contribution in [3.63, 3.8) is 0 Å². The number of ether oxygens (including phenoxy) is 1. The molecule has 0 unspecified atom stereocenters. The van der Waals surface area contributed by atoms with Crippen molar-refractivity contribution >= 4 is 11.9 Å². The zero-order valence-electron chi connectivity index (χ0n) is 12.8. The second-order valence-corrected chi connectivity index (χ2v) is 5.63. The Morgan fingerprint density at radius 2 is 2.00 bits per heavy atom. The predicted octanol–water partition coefficient (Wildman–Crippen LogP) is 2.36. The summed E-state index contributed by atoms with van der Waals surface area (Å²) >= 11 is 0. The monoisotopic (exact) mass is 310 g/mol. The van der Waals surface area contributed by atoms with Gasteiger partial charge >= 0.3 is 5.97 Å². The molecule has 2 aromatic rings. The van der Waals surface area contributed by atoms with Crippen LogP contribution >= 0.6 is 0 Å². The third kappa shape index (κ3) is 3.39. The van der Waals surface area contributed by atoms with Gasteiger partial charge in [0.15, 0.2) is 0 Å². The van der Waals surface area contributed by atoms with Crippen molar-refractivity contribution in [2.75, 3.05) is 7.11 Å². The molecule has 5 heteroatoms. The van der Waals surface area contributed by atoms with E-state index in [1.54, 1.807) is 18.3 Å². The Hall–Kier alpha value is -2.69. The molecule has 1 saturated carbocycles. The molecule has 118 valence electrons. The molecule has 1 amide bonds. The topological polar surface area (TPSA) is 68.3 Å². The number of esters is 1. The molecule has 0 radical (unpaired) electrons. The minimum absolute atomic E-state index is 0.0606. The first-order valence-electron chi connectivity index (χ1n) is 7.54. The van der Waals surface area contributed by atoms with Gasteiger partial charge in [-0.2, -0.15) is 0 Å². The Morgan fingerprint density at radius 3 is 2.65 bits per heavy atom. The number of nitrogens with zero attached hydrogens (tertiary/aromatic N) is 1. The number of rotatable bonds is 5. The van der Waals surface area contributed by atoms with Crippen LogP contribution in [-0.2, 0) is 9.53 Å². The molecule has 1 aliphatic carbocycles. The highest BCUT2D eigenvalue weighted by atomic mass is 16.5. The van der Waals surface area contributed by atoms with Gasteiger partial charge in [0, 0.05) is 12.4 Å². The lowest BCUT2D eigenvalue weighted by Crippen LogP contribution is -2.31. The summed E-state index contributed by atoms with van der Waals surface area (Å²) in [7, 11) is 1.39. The first-order valence-corrected chi connectivity index (χ1v) is 7.54. The SMILES string of the molecule is COC(=O)[C@H]1C[C@@H]1[C@@H](NC(=O)c1cccnc1)c1ccccc1. The van der Waals surface area contributed by atoms with Crippen LogP contribution < -0.4 is 5.32 Å². The molecule has 0 saturated heterocycles. The summed E-state index contributed by atoms with van der Waals surface area (Å²) in [6, 6.07) is 12.9. The van der Waals surface area contributed by atoms with E-state index in [1.165, 1.54) is 13.3 Å². The van der Waals surface area contributed by atoms with Crippen LogP contribution in [0.5, 0.6) is 0 Å². The predicted molar refractivity (Wildman–Crippen MR) is 84.5 cm³/mol. The van der Waals surface area contributed by atoms with Crippen LogP contribution in [0, 0.1) is 11.8 Å². The Kier molecular flexibility index (Phi) is 4.37. The quantitative estimate of drug-likeness (QED) is 0.861. The van der Waals surface area contributed by atoms with Crippen LogP contribution in [0.25, 0.3) is 0 Å². The number of carbonyl (C=O) groups is 2. The van der Waals surface area contributed by atoms with Crippen molar-refractivity contribution in [1.29, 1.82) is 0 Å². The number of aromatic nitrogens is 1. The summed E-state index contributed by atoms with van der Waals surface area (Å²) in [6.45, 7) is 0. The van der Waals surface area contributed by atoms with E-state index in [9.17, 15) is 9.59 Å². The van der Waals surface area contributed by atoms with Gasteiger partial charge < -0.3 is 10.1 Å². The largest absolute Gasteiger partial charge is 0.469 e. The smallest absolute Gasteiger partial charge is 0.309 e. The number of hydrogen-bond acceptors (Lipinski definition) is 4. The molecule has 3 rings (SSSR count). The Morgan fingerprint density at radius 1 is 1.22 bits per heavy atom. The van der Waals surface area contributed by atoms with Gasteiger partial charge in [-0.3, -0.25) is 14.6 Å². The highest BCUT2D eigenvalue weighted by molar-refractivity contribution is 5.94. The van der Waals surface area contributed by atoms with Crippen LogP contribution in [0.4, 0.5) is 0 Å². The van der Waals surface area contributed by atoms with Crippen molar-refractivity contribution in [2.45, 2.75) is 12.5 Å². The lowest BCUT2D eigenvalue weighted by molar-refractivity contribution is -0.142. The highest BCUT2D eigenvalue weighted by Crippen LogP contribution is 2.48. The lowest BCUT2D eigenvalue weighted by Gasteiger charge is -2.19. The first kappa shape index (κ1) is 15.2. The van der Waals surface area contributed by atoms with Crippen LogP contribution in [0.1, 0.15) is 28.4 Å². The number of benzene rings is 1. The molecule has 1 aromatic carbocycles. The summed E-state index contributed by atoms with van der Waals surface area (Å²) < 4.78 is 4.82. The molecule has 1 heterocycles. The van der Waals surface area contributed by atoms with Gasteiger partial charge in [-0.25, -0.2) is 0 Å². The van der Waals surface area contributed by atoms with E-state index in [4.69, 9.17) is 4.74 Å². The van der Waals surface area contributed by atoms with Gasteiger partial charge in [-0.1, -0.05) is 30.3 Å². The van der Waals surface area contributed by atoms with E-state index in [-0.39, 0.29) is 29.8 Å². The minimum Gasteiger partial charge on any atom is -0.469 e. The Labute approximate surface area is 134 Å². The minimum atomic E-state index is -0.216. The molecule has 3 atom stereocenters. The third-order valence-electron chi connectivity index (χ3n) is 4.14. The zero-order valence-corrected chi connectivity index (χ0v) is 12.8. The first-order chi connectivity index (χ1) is 11.2. The van der Waals surface area contributed by atoms with E-state index >= 15 is 0 Å². The van der Waals surface area contributed by atoms with Crippen LogP contribution in [0.2, 0.25) is 0 Å². The van der Waals surface area contributed by atoms with E-state index in [2.05, 4.69) is 10.3 Å². The summed E-state index contributed by atoms with van der Waals surface area (Å²) in [6.07, 6.45) is 3.88. The summed E-state index contributed by atoms with van der Waals surface area (Å²) in [5.74, 6) is -0.501. The van der Waals surface area contributed by atoms with Crippen LogP contribution in [-0.4, -0.2) is 24.0 Å². The molecule has 1 fully saturated rings. The second kappa shape index (κ2) is 6.60. The second-order valence-electron chi connectivity index (χ2n) is 5.63. The molecule has 1 aromatic heterocycles. The van der Waals surface area contributed by atoms with Gasteiger partial charge in [0.05, 0.1) is 24.6 Å². The number of hydrogen-bond donors (Lipinski definition) is 1. The fourth-order valence-corrected chi connectivity index (χ4v) is 2.83. The summed E-state index contributed by atoms with van der Waals surface area (Å²) in [5.41, 5.74) is 1.49. The van der Waals surface area contributed by atoms with E-state index in [0.29, 0.717) is 5.56 Å². The molecule has 0 aliphatic heterocycles. The van der Waals surface area contributed by atoms with Gasteiger partial charge in [0.2, 0.25) is 0 Å². The van der Waals surface area contributed by atoms with Crippen LogP contribution in [0.3, 0.4) is 0 Å². The molecule has 0 bridgehead atoms. The zero-order chi connectivity index (χ0) is 16.2. The number of methoxy groups -OCH3 is 1. The molecular formula is C18H18N2O3. The van der Waals surface area contributed by atoms with Crippen molar-refractivity contribution in [1.82, 2.24) is 10.3 Å². The van der Waals surface area contributed by atoms with Gasteiger partial charge in [-0.15, -0.1) is 0 Å². The summed E-state index contributed by atoms with van der Waals surface area (Å²) in [4.78, 5) is 28.1. The number of nitrogens with one attached hydrogen (secondary N) is 1. The van der Waals surface area contributed by atoms with Crippen molar-refractivity contribution in [3.05, 3.63) is 66.0 Å². The lowest BCUT2D eigenvalue weighted by atomic mass is 10.0.